The Balaban J connectivity index is 5.46. The molecule has 0 saturated heterocycles. The number of hydrogen-bond acceptors (Lipinski definition) is 0. The van der Waals surface area contributed by atoms with Gasteiger partial charge in [-0.3, -0.25) is 0 Å². The molecule has 0 saturated carbocycles. The van der Waals surface area contributed by atoms with E-state index in [0.717, 1.165) is 0 Å². The third-order valence-corrected chi connectivity index (χ3v) is 1.41. The van der Waals surface area contributed by atoms with Crippen molar-refractivity contribution in [2.75, 3.05) is 0 Å². The molecule has 0 N–H and O–H groups in total. The highest BCUT2D eigenvalue weighted by atomic mass is 19.4. The summed E-state index contributed by atoms with van der Waals surface area (Å²) in [6, 6.07) is 0. The van der Waals surface area contributed by atoms with Gasteiger partial charge in [0.05, 0.1) is 0 Å². The van der Waals surface area contributed by atoms with Gasteiger partial charge >= 0.3 is 18.3 Å². The molecule has 0 aliphatic carbocycles. The lowest BCUT2D eigenvalue weighted by molar-refractivity contribution is -0.335. The summed E-state index contributed by atoms with van der Waals surface area (Å²) in [5, 5.41) is 0. The summed E-state index contributed by atoms with van der Waals surface area (Å²) < 4.78 is 117. The van der Waals surface area contributed by atoms with Crippen molar-refractivity contribution in [2.24, 2.45) is 5.92 Å². The highest BCUT2D eigenvalue weighted by molar-refractivity contribution is 5.02. The smallest absolute Gasteiger partial charge is 0.195 e. The first-order valence-electron chi connectivity index (χ1n) is 3.34. The first-order valence-corrected chi connectivity index (χ1v) is 3.34. The molecule has 1 unspecified atom stereocenters. The molecule has 0 radical (unpaired) electrons. The molecule has 16 heavy (non-hydrogen) atoms. The van der Waals surface area contributed by atoms with E-state index in [1.165, 1.54) is 0 Å². The maximum absolute atomic E-state index is 12.2. The van der Waals surface area contributed by atoms with Crippen molar-refractivity contribution in [3.8, 4) is 0 Å². The second-order valence-electron chi connectivity index (χ2n) is 2.60. The summed E-state index contributed by atoms with van der Waals surface area (Å²) in [6.45, 7) is 0. The number of halogens is 10. The van der Waals surface area contributed by atoms with E-state index >= 15 is 0 Å². The lowest BCUT2D eigenvalue weighted by Crippen LogP contribution is -2.48. The fourth-order valence-corrected chi connectivity index (χ4v) is 0.707. The molecule has 0 aliphatic rings. The minimum absolute atomic E-state index is 1.46. The predicted molar refractivity (Wildman–Crippen MR) is 30.8 cm³/mol. The van der Waals surface area contributed by atoms with Crippen molar-refractivity contribution in [1.82, 2.24) is 0 Å². The van der Waals surface area contributed by atoms with Gasteiger partial charge in [-0.25, -0.2) is 0 Å². The fourth-order valence-electron chi connectivity index (χ4n) is 0.707. The topological polar surface area (TPSA) is 0 Å². The second-order valence-corrected chi connectivity index (χ2v) is 2.60. The number of hydrogen-bond donors (Lipinski definition) is 0. The summed E-state index contributed by atoms with van der Waals surface area (Å²) in [7, 11) is 0. The van der Waals surface area contributed by atoms with Crippen LogP contribution in [-0.4, -0.2) is 18.3 Å². The van der Waals surface area contributed by atoms with Gasteiger partial charge in [-0.2, -0.15) is 43.9 Å². The van der Waals surface area contributed by atoms with E-state index < -0.39 is 36.3 Å². The van der Waals surface area contributed by atoms with Gasteiger partial charge in [0, 0.05) is 0 Å². The normalized spacial score (nSPS) is 15.9. The quantitative estimate of drug-likeness (QED) is 0.657. The standard InChI is InChI=1S/C6H2F10/c7-3(8)1-2(5(11,12)13)4(9,10)6(14,15)16/h1-2H. The molecule has 0 amide bonds. The van der Waals surface area contributed by atoms with Crippen LogP contribution in [0.4, 0.5) is 43.9 Å². The zero-order valence-corrected chi connectivity index (χ0v) is 6.93. The summed E-state index contributed by atoms with van der Waals surface area (Å²) in [5.74, 6) is -10.9. The van der Waals surface area contributed by atoms with Gasteiger partial charge in [-0.15, -0.1) is 0 Å². The molecular formula is C6H2F10. The highest BCUT2D eigenvalue weighted by Crippen LogP contribution is 2.48. The Hall–Kier alpha value is -0.960. The van der Waals surface area contributed by atoms with Gasteiger partial charge < -0.3 is 0 Å². The van der Waals surface area contributed by atoms with Gasteiger partial charge in [0.1, 0.15) is 0 Å². The fraction of sp³-hybridized carbons (Fsp3) is 0.667. The van der Waals surface area contributed by atoms with Crippen molar-refractivity contribution < 1.29 is 43.9 Å². The van der Waals surface area contributed by atoms with Crippen molar-refractivity contribution in [2.45, 2.75) is 18.3 Å². The molecule has 0 aromatic heterocycles. The second kappa shape index (κ2) is 4.13. The lowest BCUT2D eigenvalue weighted by Gasteiger charge is -2.27. The van der Waals surface area contributed by atoms with E-state index in [9.17, 15) is 43.9 Å². The van der Waals surface area contributed by atoms with Crippen LogP contribution in [0, 0.1) is 5.92 Å². The molecule has 0 heterocycles. The van der Waals surface area contributed by atoms with Crippen LogP contribution in [0.2, 0.25) is 0 Å². The summed E-state index contributed by atoms with van der Waals surface area (Å²) in [5.41, 5.74) is 0. The average Bonchev–Trinajstić information content (AvgIpc) is 1.95. The van der Waals surface area contributed by atoms with Crippen molar-refractivity contribution >= 4 is 0 Å². The first kappa shape index (κ1) is 15.0. The van der Waals surface area contributed by atoms with Crippen LogP contribution in [0.15, 0.2) is 12.2 Å². The molecule has 0 aliphatic heterocycles. The molecule has 10 heteroatoms. The van der Waals surface area contributed by atoms with Gasteiger partial charge in [-0.1, -0.05) is 0 Å². The van der Waals surface area contributed by atoms with Crippen molar-refractivity contribution in [3.63, 3.8) is 0 Å². The SMILES string of the molecule is FC(F)=CC(C(F)(F)F)C(F)(F)C(F)(F)F. The van der Waals surface area contributed by atoms with Gasteiger partial charge in [0.25, 0.3) is 6.08 Å². The molecule has 0 aromatic rings. The van der Waals surface area contributed by atoms with Crippen LogP contribution < -0.4 is 0 Å². The highest BCUT2D eigenvalue weighted by Gasteiger charge is 2.69. The summed E-state index contributed by atoms with van der Waals surface area (Å²) in [6.07, 6.45) is -17.4. The maximum atomic E-state index is 12.2. The Morgan fingerprint density at radius 1 is 0.812 bits per heavy atom. The molecule has 0 fully saturated rings. The zero-order chi connectivity index (χ0) is 13.4. The first-order chi connectivity index (χ1) is 6.80. The molecule has 0 aromatic carbocycles. The van der Waals surface area contributed by atoms with Gasteiger partial charge in [0.15, 0.2) is 5.92 Å². The molecule has 0 rings (SSSR count). The van der Waals surface area contributed by atoms with Crippen LogP contribution in [0.5, 0.6) is 0 Å². The van der Waals surface area contributed by atoms with Crippen LogP contribution in [0.25, 0.3) is 0 Å². The number of rotatable bonds is 2. The van der Waals surface area contributed by atoms with E-state index in [-0.39, 0.29) is 0 Å². The Kier molecular flexibility index (Phi) is 3.88. The molecule has 96 valence electrons. The number of allylic oxidation sites excluding steroid dienone is 1. The molecular weight excluding hydrogens is 262 g/mol. The van der Waals surface area contributed by atoms with E-state index in [1.54, 1.807) is 0 Å². The van der Waals surface area contributed by atoms with Gasteiger partial charge in [-0.05, 0) is 6.08 Å². The van der Waals surface area contributed by atoms with Gasteiger partial charge in [0.2, 0.25) is 0 Å². The molecule has 0 bridgehead atoms. The van der Waals surface area contributed by atoms with E-state index in [4.69, 9.17) is 0 Å². The van der Waals surface area contributed by atoms with Crippen LogP contribution in [0.1, 0.15) is 0 Å². The average molecular weight is 264 g/mol. The minimum Gasteiger partial charge on any atom is -0.195 e. The third kappa shape index (κ3) is 3.27. The molecule has 0 spiro atoms. The van der Waals surface area contributed by atoms with Crippen LogP contribution >= 0.6 is 0 Å². The molecule has 0 nitrogen and oxygen atoms in total. The Bertz CT molecular complexity index is 264. The van der Waals surface area contributed by atoms with Crippen LogP contribution in [0.3, 0.4) is 0 Å². The summed E-state index contributed by atoms with van der Waals surface area (Å²) >= 11 is 0. The lowest BCUT2D eigenvalue weighted by atomic mass is 10.0. The van der Waals surface area contributed by atoms with E-state index in [1.807, 2.05) is 0 Å². The predicted octanol–water partition coefficient (Wildman–Crippen LogP) is 4.14. The minimum atomic E-state index is -6.57. The number of alkyl halides is 8. The summed E-state index contributed by atoms with van der Waals surface area (Å²) in [4.78, 5) is 0. The maximum Gasteiger partial charge on any atom is 0.454 e. The van der Waals surface area contributed by atoms with Crippen molar-refractivity contribution in [1.29, 1.82) is 0 Å². The van der Waals surface area contributed by atoms with E-state index in [0.29, 0.717) is 0 Å². The zero-order valence-electron chi connectivity index (χ0n) is 6.93. The van der Waals surface area contributed by atoms with Crippen molar-refractivity contribution in [3.05, 3.63) is 12.2 Å². The Morgan fingerprint density at radius 3 is 1.38 bits per heavy atom. The van der Waals surface area contributed by atoms with Crippen LogP contribution in [-0.2, 0) is 0 Å². The Labute approximate surface area is 81.5 Å². The van der Waals surface area contributed by atoms with E-state index in [2.05, 4.69) is 0 Å². The third-order valence-electron chi connectivity index (χ3n) is 1.41. The largest absolute Gasteiger partial charge is 0.454 e. The molecule has 1 atom stereocenters. The monoisotopic (exact) mass is 264 g/mol. The Morgan fingerprint density at radius 2 is 1.19 bits per heavy atom.